The molecule has 1 saturated heterocycles. The topological polar surface area (TPSA) is 62.4 Å². The molecule has 1 fully saturated rings. The Morgan fingerprint density at radius 3 is 3.09 bits per heavy atom. The Hall–Kier alpha value is -1.43. The highest BCUT2D eigenvalue weighted by atomic mass is 35.5. The Morgan fingerprint density at radius 2 is 2.36 bits per heavy atom. The van der Waals surface area contributed by atoms with E-state index in [4.69, 9.17) is 16.1 Å². The van der Waals surface area contributed by atoms with Gasteiger partial charge in [0.05, 0.1) is 12.0 Å². The van der Waals surface area contributed by atoms with E-state index in [-0.39, 0.29) is 5.92 Å². The van der Waals surface area contributed by atoms with E-state index in [1.807, 2.05) is 31.2 Å². The monoisotopic (exact) mass is 321 g/mol. The molecule has 5 nitrogen and oxygen atoms in total. The number of aryl methyl sites for hydroxylation is 1. The third-order valence-corrected chi connectivity index (χ3v) is 4.30. The van der Waals surface area contributed by atoms with Crippen molar-refractivity contribution in [1.82, 2.24) is 15.0 Å². The van der Waals surface area contributed by atoms with Gasteiger partial charge in [0, 0.05) is 18.1 Å². The fourth-order valence-corrected chi connectivity index (χ4v) is 3.16. The van der Waals surface area contributed by atoms with Gasteiger partial charge < -0.3 is 9.63 Å². The van der Waals surface area contributed by atoms with Crippen molar-refractivity contribution < 1.29 is 9.63 Å². The lowest BCUT2D eigenvalue weighted by molar-refractivity contribution is 0.0910. The van der Waals surface area contributed by atoms with Crippen molar-refractivity contribution in [3.8, 4) is 0 Å². The van der Waals surface area contributed by atoms with Crippen molar-refractivity contribution in [2.24, 2.45) is 0 Å². The molecule has 1 aliphatic rings. The van der Waals surface area contributed by atoms with Crippen molar-refractivity contribution >= 4 is 11.6 Å². The highest BCUT2D eigenvalue weighted by molar-refractivity contribution is 6.30. The van der Waals surface area contributed by atoms with E-state index >= 15 is 0 Å². The number of piperidine rings is 1. The summed E-state index contributed by atoms with van der Waals surface area (Å²) in [6.07, 6.45) is 1.57. The van der Waals surface area contributed by atoms with Crippen LogP contribution in [0.4, 0.5) is 0 Å². The van der Waals surface area contributed by atoms with E-state index in [1.165, 1.54) is 0 Å². The van der Waals surface area contributed by atoms with Gasteiger partial charge in [-0.15, -0.1) is 0 Å². The predicted octanol–water partition coefficient (Wildman–Crippen LogP) is 2.94. The molecule has 0 aliphatic carbocycles. The van der Waals surface area contributed by atoms with Crippen molar-refractivity contribution in [3.05, 3.63) is 46.6 Å². The minimum Gasteiger partial charge on any atom is -0.387 e. The van der Waals surface area contributed by atoms with Gasteiger partial charge in [-0.25, -0.2) is 0 Å². The molecule has 0 spiro atoms. The zero-order chi connectivity index (χ0) is 15.5. The van der Waals surface area contributed by atoms with Gasteiger partial charge in [0.2, 0.25) is 5.89 Å². The maximum Gasteiger partial charge on any atom is 0.231 e. The van der Waals surface area contributed by atoms with E-state index in [9.17, 15) is 5.11 Å². The molecule has 0 saturated carbocycles. The summed E-state index contributed by atoms with van der Waals surface area (Å²) in [4.78, 5) is 6.58. The first-order chi connectivity index (χ1) is 10.6. The molecule has 1 aromatic carbocycles. The number of aliphatic hydroxyl groups excluding tert-OH is 1. The Balaban J connectivity index is 1.62. The van der Waals surface area contributed by atoms with Crippen LogP contribution < -0.4 is 0 Å². The van der Waals surface area contributed by atoms with Crippen LogP contribution in [0.25, 0.3) is 0 Å². The number of likely N-dealkylation sites (tertiary alicyclic amines) is 1. The third kappa shape index (κ3) is 3.66. The zero-order valence-corrected chi connectivity index (χ0v) is 13.3. The molecule has 3 rings (SSSR count). The van der Waals surface area contributed by atoms with Gasteiger partial charge in [-0.1, -0.05) is 28.9 Å². The van der Waals surface area contributed by atoms with E-state index in [0.29, 0.717) is 23.3 Å². The molecule has 118 valence electrons. The number of halogens is 1. The standard InChI is InChI=1S/C16H20ClN3O2/c1-11-18-16(22-19-11)13-5-3-7-20(9-13)10-15(21)12-4-2-6-14(17)8-12/h2,4,6,8,13,15,21H,3,5,7,9-10H2,1H3. The lowest BCUT2D eigenvalue weighted by Gasteiger charge is -2.32. The number of hydrogen-bond donors (Lipinski definition) is 1. The van der Waals surface area contributed by atoms with Crippen LogP contribution in [-0.2, 0) is 0 Å². The lowest BCUT2D eigenvalue weighted by Crippen LogP contribution is -2.37. The average molecular weight is 322 g/mol. The summed E-state index contributed by atoms with van der Waals surface area (Å²) < 4.78 is 5.29. The minimum absolute atomic E-state index is 0.251. The number of β-amino-alcohol motifs (C(OH)–C–C–N with tert-alkyl or cyclic N) is 1. The van der Waals surface area contributed by atoms with Crippen LogP contribution in [0.2, 0.25) is 5.02 Å². The molecule has 1 N–H and O–H groups in total. The quantitative estimate of drug-likeness (QED) is 0.938. The molecule has 22 heavy (non-hydrogen) atoms. The number of hydrogen-bond acceptors (Lipinski definition) is 5. The van der Waals surface area contributed by atoms with Crippen LogP contribution in [0.1, 0.15) is 42.1 Å². The average Bonchev–Trinajstić information content (AvgIpc) is 2.94. The summed E-state index contributed by atoms with van der Waals surface area (Å²) in [5, 5.41) is 14.9. The first-order valence-corrected chi connectivity index (χ1v) is 7.95. The minimum atomic E-state index is -0.540. The molecule has 1 aliphatic heterocycles. The second-order valence-electron chi connectivity index (χ2n) is 5.85. The van der Waals surface area contributed by atoms with Crippen LogP contribution in [0.3, 0.4) is 0 Å². The van der Waals surface area contributed by atoms with Crippen molar-refractivity contribution in [2.45, 2.75) is 31.8 Å². The van der Waals surface area contributed by atoms with Gasteiger partial charge in [0.15, 0.2) is 5.82 Å². The van der Waals surface area contributed by atoms with Crippen LogP contribution in [0, 0.1) is 6.92 Å². The molecule has 0 radical (unpaired) electrons. The number of nitrogens with zero attached hydrogens (tertiary/aromatic N) is 3. The number of aromatic nitrogens is 2. The fourth-order valence-electron chi connectivity index (χ4n) is 2.97. The van der Waals surface area contributed by atoms with E-state index in [1.54, 1.807) is 0 Å². The second-order valence-corrected chi connectivity index (χ2v) is 6.29. The summed E-state index contributed by atoms with van der Waals surface area (Å²) in [6, 6.07) is 7.39. The normalized spacial score (nSPS) is 21.0. The number of benzene rings is 1. The zero-order valence-electron chi connectivity index (χ0n) is 12.6. The Morgan fingerprint density at radius 1 is 1.50 bits per heavy atom. The van der Waals surface area contributed by atoms with Gasteiger partial charge in [-0.2, -0.15) is 4.98 Å². The molecule has 2 heterocycles. The first kappa shape index (κ1) is 15.5. The van der Waals surface area contributed by atoms with Crippen molar-refractivity contribution in [1.29, 1.82) is 0 Å². The molecule has 1 aromatic heterocycles. The van der Waals surface area contributed by atoms with Crippen LogP contribution in [-0.4, -0.2) is 39.8 Å². The van der Waals surface area contributed by atoms with Gasteiger partial charge >= 0.3 is 0 Å². The summed E-state index contributed by atoms with van der Waals surface area (Å²) in [5.74, 6) is 1.63. The van der Waals surface area contributed by atoms with Crippen molar-refractivity contribution in [2.75, 3.05) is 19.6 Å². The Labute approximate surface area is 134 Å². The fraction of sp³-hybridized carbons (Fsp3) is 0.500. The molecule has 2 unspecified atom stereocenters. The molecular formula is C16H20ClN3O2. The SMILES string of the molecule is Cc1noc(C2CCCN(CC(O)c3cccc(Cl)c3)C2)n1. The maximum absolute atomic E-state index is 10.4. The number of aliphatic hydroxyl groups is 1. The van der Waals surface area contributed by atoms with E-state index in [2.05, 4.69) is 15.0 Å². The highest BCUT2D eigenvalue weighted by Crippen LogP contribution is 2.27. The van der Waals surface area contributed by atoms with Crippen LogP contribution >= 0.6 is 11.6 Å². The molecule has 0 bridgehead atoms. The smallest absolute Gasteiger partial charge is 0.231 e. The van der Waals surface area contributed by atoms with Crippen molar-refractivity contribution in [3.63, 3.8) is 0 Å². The Kier molecular flexibility index (Phi) is 4.76. The van der Waals surface area contributed by atoms with Gasteiger partial charge in [-0.05, 0) is 44.0 Å². The Bertz CT molecular complexity index is 631. The summed E-state index contributed by atoms with van der Waals surface area (Å²) in [7, 11) is 0. The maximum atomic E-state index is 10.4. The summed E-state index contributed by atoms with van der Waals surface area (Å²) in [5.41, 5.74) is 0.850. The molecule has 2 aromatic rings. The second kappa shape index (κ2) is 6.77. The largest absolute Gasteiger partial charge is 0.387 e. The third-order valence-electron chi connectivity index (χ3n) is 4.06. The van der Waals surface area contributed by atoms with E-state index < -0.39 is 6.10 Å². The van der Waals surface area contributed by atoms with Gasteiger partial charge in [-0.3, -0.25) is 4.90 Å². The summed E-state index contributed by atoms with van der Waals surface area (Å²) in [6.45, 7) is 4.22. The molecule has 0 amide bonds. The predicted molar refractivity (Wildman–Crippen MR) is 83.9 cm³/mol. The van der Waals surface area contributed by atoms with Gasteiger partial charge in [0.1, 0.15) is 0 Å². The number of rotatable bonds is 4. The van der Waals surface area contributed by atoms with Crippen LogP contribution in [0.15, 0.2) is 28.8 Å². The first-order valence-electron chi connectivity index (χ1n) is 7.58. The van der Waals surface area contributed by atoms with Crippen LogP contribution in [0.5, 0.6) is 0 Å². The summed E-state index contributed by atoms with van der Waals surface area (Å²) >= 11 is 5.98. The van der Waals surface area contributed by atoms with Gasteiger partial charge in [0.25, 0.3) is 0 Å². The highest BCUT2D eigenvalue weighted by Gasteiger charge is 2.27. The van der Waals surface area contributed by atoms with E-state index in [0.717, 1.165) is 31.5 Å². The molecule has 6 heteroatoms. The molecular weight excluding hydrogens is 302 g/mol. The lowest BCUT2D eigenvalue weighted by atomic mass is 9.97. The molecule has 2 atom stereocenters.